The van der Waals surface area contributed by atoms with Gasteiger partial charge in [0.15, 0.2) is 0 Å². The maximum Gasteiger partial charge on any atom is 0.417 e. The first-order valence-electron chi connectivity index (χ1n) is 14.0. The van der Waals surface area contributed by atoms with Gasteiger partial charge in [0.1, 0.15) is 11.6 Å². The van der Waals surface area contributed by atoms with Gasteiger partial charge < -0.3 is 10.2 Å². The third-order valence-electron chi connectivity index (χ3n) is 8.26. The number of anilines is 1. The van der Waals surface area contributed by atoms with Crippen molar-refractivity contribution >= 4 is 34.1 Å². The first-order chi connectivity index (χ1) is 19.8. The predicted molar refractivity (Wildman–Crippen MR) is 152 cm³/mol. The Morgan fingerprint density at radius 2 is 1.76 bits per heavy atom. The van der Waals surface area contributed by atoms with Crippen molar-refractivity contribution in [2.24, 2.45) is 0 Å². The quantitative estimate of drug-likeness (QED) is 0.331. The molecule has 3 heterocycles. The molecule has 12 heteroatoms. The topological polar surface area (TPSA) is 50.2 Å². The summed E-state index contributed by atoms with van der Waals surface area (Å²) in [5.41, 5.74) is -0.373. The number of rotatable bonds is 3. The normalized spacial score (nSPS) is 24.4. The number of benzene rings is 2. The Bertz CT molecular complexity index is 1610. The number of aromatic nitrogens is 2. The number of piperazine rings is 1. The summed E-state index contributed by atoms with van der Waals surface area (Å²) in [5.74, 6) is -3.25. The van der Waals surface area contributed by atoms with Gasteiger partial charge in [0, 0.05) is 72.1 Å². The highest BCUT2D eigenvalue weighted by Crippen LogP contribution is 2.50. The largest absolute Gasteiger partial charge is 0.417 e. The smallest absolute Gasteiger partial charge is 0.353 e. The standard InChI is InChI=1S/C30H30F6N4OS/c1-16-12-39(13-17(2)37-16)27-22-11-23(30(34,35)36)24(19-7-9-29(32,33)10-8-19)26-25(22)40(28(41)38-27)14-20(15-42-26)18-3-5-21(31)6-4-18/h3-7,11,16-17,20,37H,8-10,12-15H2,1-2H3/t16-,17+,20-/m0/s1. The lowest BCUT2D eigenvalue weighted by atomic mass is 9.87. The molecule has 5 nitrogen and oxygen atoms in total. The molecule has 2 aliphatic heterocycles. The average molecular weight is 609 g/mol. The molecule has 3 atom stereocenters. The second kappa shape index (κ2) is 10.6. The first-order valence-corrected chi connectivity index (χ1v) is 14.9. The number of alkyl halides is 5. The summed E-state index contributed by atoms with van der Waals surface area (Å²) in [5, 5.41) is 3.59. The Labute approximate surface area is 243 Å². The number of nitrogens with one attached hydrogen (secondary N) is 1. The van der Waals surface area contributed by atoms with E-state index in [9.17, 15) is 31.1 Å². The minimum atomic E-state index is -4.79. The minimum Gasteiger partial charge on any atom is -0.353 e. The van der Waals surface area contributed by atoms with Gasteiger partial charge in [-0.25, -0.2) is 18.0 Å². The van der Waals surface area contributed by atoms with Crippen LogP contribution >= 0.6 is 11.8 Å². The molecule has 1 aliphatic carbocycles. The summed E-state index contributed by atoms with van der Waals surface area (Å²) in [6, 6.07) is 6.91. The van der Waals surface area contributed by atoms with Crippen molar-refractivity contribution in [3.63, 3.8) is 0 Å². The van der Waals surface area contributed by atoms with E-state index in [1.54, 1.807) is 12.1 Å². The molecule has 42 heavy (non-hydrogen) atoms. The molecule has 224 valence electrons. The van der Waals surface area contributed by atoms with Crippen molar-refractivity contribution in [1.29, 1.82) is 0 Å². The monoisotopic (exact) mass is 608 g/mol. The second-order valence-corrected chi connectivity index (χ2v) is 12.6. The van der Waals surface area contributed by atoms with Crippen LogP contribution in [0.25, 0.3) is 16.5 Å². The average Bonchev–Trinajstić information content (AvgIpc) is 3.11. The molecule has 1 aromatic heterocycles. The molecule has 1 fully saturated rings. The Morgan fingerprint density at radius 1 is 1.07 bits per heavy atom. The highest BCUT2D eigenvalue weighted by Gasteiger charge is 2.41. The van der Waals surface area contributed by atoms with Gasteiger partial charge in [-0.15, -0.1) is 11.8 Å². The van der Waals surface area contributed by atoms with Gasteiger partial charge in [0.2, 0.25) is 0 Å². The van der Waals surface area contributed by atoms with Crippen LogP contribution in [-0.2, 0) is 12.7 Å². The third kappa shape index (κ3) is 5.43. The van der Waals surface area contributed by atoms with Crippen LogP contribution < -0.4 is 15.9 Å². The number of hydrogen-bond donors (Lipinski definition) is 1. The molecular formula is C30H30F6N4OS. The van der Waals surface area contributed by atoms with Crippen LogP contribution in [0.2, 0.25) is 0 Å². The SMILES string of the molecule is C[C@@H]1CN(c2nc(=O)n3c4c(c(C5=CCC(F)(F)CC5)c(C(F)(F)F)cc24)SC[C@@H](c2ccc(F)cc2)C3)C[C@H](C)N1. The molecule has 2 aromatic carbocycles. The van der Waals surface area contributed by atoms with Crippen molar-refractivity contribution in [1.82, 2.24) is 14.9 Å². The van der Waals surface area contributed by atoms with Crippen LogP contribution in [0.5, 0.6) is 0 Å². The zero-order chi connectivity index (χ0) is 30.0. The minimum absolute atomic E-state index is 0.0100. The lowest BCUT2D eigenvalue weighted by Crippen LogP contribution is -2.55. The summed E-state index contributed by atoms with van der Waals surface area (Å²) in [6.07, 6.45) is -4.99. The molecule has 3 aliphatic rings. The van der Waals surface area contributed by atoms with E-state index in [1.807, 2.05) is 18.7 Å². The summed E-state index contributed by atoms with van der Waals surface area (Å²) < 4.78 is 87.8. The van der Waals surface area contributed by atoms with E-state index in [2.05, 4.69) is 10.3 Å². The highest BCUT2D eigenvalue weighted by atomic mass is 32.2. The fourth-order valence-corrected chi connectivity index (χ4v) is 7.81. The Balaban J connectivity index is 1.63. The summed E-state index contributed by atoms with van der Waals surface area (Å²) in [6.45, 7) is 4.93. The first kappa shape index (κ1) is 29.1. The Hall–Kier alpha value is -2.99. The molecule has 0 unspecified atom stereocenters. The molecule has 0 bridgehead atoms. The summed E-state index contributed by atoms with van der Waals surface area (Å²) in [7, 11) is 0. The van der Waals surface area contributed by atoms with Crippen LogP contribution in [-0.4, -0.2) is 46.4 Å². The van der Waals surface area contributed by atoms with Crippen molar-refractivity contribution in [3.8, 4) is 0 Å². The van der Waals surface area contributed by atoms with Crippen molar-refractivity contribution in [2.75, 3.05) is 23.7 Å². The van der Waals surface area contributed by atoms with E-state index in [0.717, 1.165) is 11.6 Å². The van der Waals surface area contributed by atoms with E-state index in [1.165, 1.54) is 34.5 Å². The van der Waals surface area contributed by atoms with Crippen molar-refractivity contribution in [2.45, 2.75) is 74.7 Å². The zero-order valence-corrected chi connectivity index (χ0v) is 23.9. The number of allylic oxidation sites excluding steroid dienone is 2. The zero-order valence-electron chi connectivity index (χ0n) is 23.1. The van der Waals surface area contributed by atoms with Gasteiger partial charge in [-0.2, -0.15) is 18.2 Å². The molecule has 6 rings (SSSR count). The maximum absolute atomic E-state index is 14.8. The number of thioether (sulfide) groups is 1. The molecule has 3 aromatic rings. The predicted octanol–water partition coefficient (Wildman–Crippen LogP) is 6.83. The van der Waals surface area contributed by atoms with E-state index >= 15 is 0 Å². The van der Waals surface area contributed by atoms with Crippen LogP contribution in [0.1, 0.15) is 55.7 Å². The fourth-order valence-electron chi connectivity index (χ4n) is 6.40. The number of halogens is 6. The lowest BCUT2D eigenvalue weighted by Gasteiger charge is -2.37. The van der Waals surface area contributed by atoms with E-state index in [4.69, 9.17) is 0 Å². The molecule has 0 radical (unpaired) electrons. The molecule has 0 spiro atoms. The van der Waals surface area contributed by atoms with Gasteiger partial charge in [0.05, 0.1) is 11.1 Å². The van der Waals surface area contributed by atoms with Crippen LogP contribution in [0.15, 0.2) is 46.1 Å². The molecule has 0 amide bonds. The Morgan fingerprint density at radius 3 is 2.38 bits per heavy atom. The number of hydrogen-bond acceptors (Lipinski definition) is 5. The molecular weight excluding hydrogens is 578 g/mol. The summed E-state index contributed by atoms with van der Waals surface area (Å²) in [4.78, 5) is 20.2. The fraction of sp³-hybridized carbons (Fsp3) is 0.467. The van der Waals surface area contributed by atoms with Crippen LogP contribution in [0.3, 0.4) is 0 Å². The highest BCUT2D eigenvalue weighted by molar-refractivity contribution is 7.99. The molecule has 1 N–H and O–H groups in total. The van der Waals surface area contributed by atoms with E-state index < -0.39 is 42.0 Å². The van der Waals surface area contributed by atoms with Gasteiger partial charge in [-0.1, -0.05) is 18.2 Å². The number of nitrogens with zero attached hydrogens (tertiary/aromatic N) is 3. The Kier molecular flexibility index (Phi) is 7.36. The van der Waals surface area contributed by atoms with Gasteiger partial charge >= 0.3 is 11.9 Å². The lowest BCUT2D eigenvalue weighted by molar-refractivity contribution is -0.137. The van der Waals surface area contributed by atoms with E-state index in [0.29, 0.717) is 24.4 Å². The van der Waals surface area contributed by atoms with Gasteiger partial charge in [-0.3, -0.25) is 4.57 Å². The molecule has 1 saturated heterocycles. The van der Waals surface area contributed by atoms with Crippen LogP contribution in [0, 0.1) is 5.82 Å². The third-order valence-corrected chi connectivity index (χ3v) is 9.52. The maximum atomic E-state index is 14.8. The van der Waals surface area contributed by atoms with Crippen LogP contribution in [0.4, 0.5) is 32.2 Å². The van der Waals surface area contributed by atoms with Crippen molar-refractivity contribution in [3.05, 3.63) is 69.4 Å². The van der Waals surface area contributed by atoms with E-state index in [-0.39, 0.29) is 58.2 Å². The molecule has 0 saturated carbocycles. The van der Waals surface area contributed by atoms with Gasteiger partial charge in [-0.05, 0) is 49.6 Å². The van der Waals surface area contributed by atoms with Gasteiger partial charge in [0.25, 0.3) is 5.92 Å². The summed E-state index contributed by atoms with van der Waals surface area (Å²) >= 11 is 1.18. The van der Waals surface area contributed by atoms with Crippen molar-refractivity contribution < 1.29 is 26.3 Å². The second-order valence-electron chi connectivity index (χ2n) is 11.6.